The zero-order valence-electron chi connectivity index (χ0n) is 17.7. The van der Waals surface area contributed by atoms with Gasteiger partial charge in [0, 0.05) is 11.9 Å². The number of fused-ring (bicyclic) bond motifs is 1. The molecule has 0 fully saturated rings. The number of aromatic nitrogens is 2. The zero-order chi connectivity index (χ0) is 22.0. The first-order valence-corrected chi connectivity index (χ1v) is 11.8. The maximum Gasteiger partial charge on any atom is 0.266 e. The Morgan fingerprint density at radius 1 is 1.13 bits per heavy atom. The highest BCUT2D eigenvalue weighted by molar-refractivity contribution is 7.99. The summed E-state index contributed by atoms with van der Waals surface area (Å²) in [6, 6.07) is 17.3. The van der Waals surface area contributed by atoms with Gasteiger partial charge in [0.1, 0.15) is 0 Å². The van der Waals surface area contributed by atoms with Gasteiger partial charge in [0.15, 0.2) is 5.16 Å². The van der Waals surface area contributed by atoms with Gasteiger partial charge < -0.3 is 4.90 Å². The molecule has 31 heavy (non-hydrogen) atoms. The van der Waals surface area contributed by atoms with Gasteiger partial charge >= 0.3 is 0 Å². The van der Waals surface area contributed by atoms with E-state index in [0.717, 1.165) is 21.7 Å². The van der Waals surface area contributed by atoms with E-state index in [-0.39, 0.29) is 17.2 Å². The smallest absolute Gasteiger partial charge is 0.266 e. The number of rotatable bonds is 6. The molecule has 2 aromatic heterocycles. The normalized spacial score (nSPS) is 11.1. The average Bonchev–Trinajstić information content (AvgIpc) is 3.27. The lowest BCUT2D eigenvalue weighted by atomic mass is 10.1. The van der Waals surface area contributed by atoms with Crippen molar-refractivity contribution >= 4 is 39.9 Å². The maximum absolute atomic E-state index is 13.4. The lowest BCUT2D eigenvalue weighted by Gasteiger charge is -2.18. The summed E-state index contributed by atoms with van der Waals surface area (Å²) in [6.45, 7) is 4.55. The molecule has 0 atom stereocenters. The average molecular weight is 450 g/mol. The summed E-state index contributed by atoms with van der Waals surface area (Å²) in [6.07, 6.45) is 0. The molecule has 0 aliphatic carbocycles. The Kier molecular flexibility index (Phi) is 6.25. The van der Waals surface area contributed by atoms with Gasteiger partial charge in [-0.25, -0.2) is 4.98 Å². The third-order valence-corrected chi connectivity index (χ3v) is 6.86. The Morgan fingerprint density at radius 3 is 2.71 bits per heavy atom. The molecule has 0 unspecified atom stereocenters. The van der Waals surface area contributed by atoms with E-state index in [9.17, 15) is 9.59 Å². The van der Waals surface area contributed by atoms with Gasteiger partial charge in [0.25, 0.3) is 5.56 Å². The van der Waals surface area contributed by atoms with E-state index in [1.807, 2.05) is 67.8 Å². The molecule has 158 valence electrons. The first kappa shape index (κ1) is 21.3. The number of thiophene rings is 1. The van der Waals surface area contributed by atoms with Crippen molar-refractivity contribution in [3.8, 4) is 5.69 Å². The van der Waals surface area contributed by atoms with Crippen molar-refractivity contribution in [3.63, 3.8) is 0 Å². The Bertz CT molecular complexity index is 1300. The minimum absolute atomic E-state index is 0.00618. The van der Waals surface area contributed by atoms with E-state index in [1.54, 1.807) is 33.9 Å². The standard InChI is InChI=1S/C24H23N3O2S2/c1-16-10-11-17(2)21(13-16)27-23(29)19-8-4-5-9-20(19)25-24(27)31-15-22(28)26(3)14-18-7-6-12-30-18/h4-13H,14-15H2,1-3H3. The second-order valence-electron chi connectivity index (χ2n) is 7.46. The van der Waals surface area contributed by atoms with Gasteiger partial charge in [0.05, 0.1) is 28.9 Å². The molecule has 0 saturated heterocycles. The van der Waals surface area contributed by atoms with Crippen LogP contribution in [0.2, 0.25) is 0 Å². The van der Waals surface area contributed by atoms with Crippen molar-refractivity contribution < 1.29 is 4.79 Å². The van der Waals surface area contributed by atoms with Gasteiger partial charge in [-0.1, -0.05) is 42.1 Å². The summed E-state index contributed by atoms with van der Waals surface area (Å²) >= 11 is 2.93. The molecule has 2 aromatic carbocycles. The number of hydrogen-bond acceptors (Lipinski definition) is 5. The monoisotopic (exact) mass is 449 g/mol. The lowest BCUT2D eigenvalue weighted by Crippen LogP contribution is -2.28. The van der Waals surface area contributed by atoms with Crippen LogP contribution < -0.4 is 5.56 Å². The molecule has 5 nitrogen and oxygen atoms in total. The number of carbonyl (C=O) groups is 1. The van der Waals surface area contributed by atoms with Crippen LogP contribution in [0.3, 0.4) is 0 Å². The molecule has 7 heteroatoms. The van der Waals surface area contributed by atoms with Crippen molar-refractivity contribution in [2.45, 2.75) is 25.5 Å². The number of para-hydroxylation sites is 1. The van der Waals surface area contributed by atoms with Crippen molar-refractivity contribution in [2.24, 2.45) is 0 Å². The summed E-state index contributed by atoms with van der Waals surface area (Å²) in [5, 5.41) is 3.09. The number of hydrogen-bond donors (Lipinski definition) is 0. The van der Waals surface area contributed by atoms with Crippen molar-refractivity contribution in [1.29, 1.82) is 0 Å². The van der Waals surface area contributed by atoms with Crippen molar-refractivity contribution in [3.05, 3.63) is 86.3 Å². The van der Waals surface area contributed by atoms with Crippen LogP contribution in [0.1, 0.15) is 16.0 Å². The number of thioether (sulfide) groups is 1. The van der Waals surface area contributed by atoms with Crippen LogP contribution in [-0.2, 0) is 11.3 Å². The van der Waals surface area contributed by atoms with Crippen LogP contribution in [0.25, 0.3) is 16.6 Å². The number of amides is 1. The highest BCUT2D eigenvalue weighted by Gasteiger charge is 2.17. The van der Waals surface area contributed by atoms with Crippen molar-refractivity contribution in [1.82, 2.24) is 14.5 Å². The van der Waals surface area contributed by atoms with E-state index in [1.165, 1.54) is 11.8 Å². The molecule has 1 amide bonds. The van der Waals surface area contributed by atoms with Gasteiger partial charge in [0.2, 0.25) is 5.91 Å². The van der Waals surface area contributed by atoms with E-state index < -0.39 is 0 Å². The SMILES string of the molecule is Cc1ccc(C)c(-n2c(SCC(=O)N(C)Cc3cccs3)nc3ccccc3c2=O)c1. The molecular formula is C24H23N3O2S2. The molecule has 2 heterocycles. The molecule has 0 radical (unpaired) electrons. The predicted octanol–water partition coefficient (Wildman–Crippen LogP) is 4.81. The topological polar surface area (TPSA) is 55.2 Å². The summed E-state index contributed by atoms with van der Waals surface area (Å²) < 4.78 is 1.64. The molecule has 0 aliphatic heterocycles. The van der Waals surface area contributed by atoms with Gasteiger partial charge in [-0.2, -0.15) is 0 Å². The third kappa shape index (κ3) is 4.57. The molecular weight excluding hydrogens is 426 g/mol. The first-order chi connectivity index (χ1) is 14.9. The Balaban J connectivity index is 1.70. The predicted molar refractivity (Wildman–Crippen MR) is 128 cm³/mol. The molecule has 0 spiro atoms. The van der Waals surface area contributed by atoms with Gasteiger partial charge in [-0.3, -0.25) is 14.2 Å². The van der Waals surface area contributed by atoms with Crippen molar-refractivity contribution in [2.75, 3.05) is 12.8 Å². The van der Waals surface area contributed by atoms with E-state index >= 15 is 0 Å². The largest absolute Gasteiger partial charge is 0.340 e. The van der Waals surface area contributed by atoms with E-state index in [4.69, 9.17) is 4.98 Å². The number of aryl methyl sites for hydroxylation is 2. The molecule has 0 aliphatic rings. The summed E-state index contributed by atoms with van der Waals surface area (Å²) in [5.74, 6) is 0.200. The number of nitrogens with zero attached hydrogens (tertiary/aromatic N) is 3. The highest BCUT2D eigenvalue weighted by Crippen LogP contribution is 2.24. The minimum atomic E-state index is -0.124. The van der Waals surface area contributed by atoms with Crippen LogP contribution in [0.15, 0.2) is 69.9 Å². The summed E-state index contributed by atoms with van der Waals surface area (Å²) in [4.78, 5) is 33.8. The van der Waals surface area contributed by atoms with Crippen LogP contribution in [0, 0.1) is 13.8 Å². The zero-order valence-corrected chi connectivity index (χ0v) is 19.3. The fourth-order valence-corrected chi connectivity index (χ4v) is 5.05. The Hall–Kier alpha value is -2.90. The summed E-state index contributed by atoms with van der Waals surface area (Å²) in [5.41, 5.74) is 3.35. The van der Waals surface area contributed by atoms with Gasteiger partial charge in [-0.05, 0) is 54.6 Å². The second-order valence-corrected chi connectivity index (χ2v) is 9.43. The fourth-order valence-electron chi connectivity index (χ4n) is 3.34. The first-order valence-electron chi connectivity index (χ1n) is 9.92. The summed E-state index contributed by atoms with van der Waals surface area (Å²) in [7, 11) is 1.80. The van der Waals surface area contributed by atoms with Gasteiger partial charge in [-0.15, -0.1) is 11.3 Å². The third-order valence-electron chi connectivity index (χ3n) is 5.07. The number of benzene rings is 2. The molecule has 0 N–H and O–H groups in total. The maximum atomic E-state index is 13.4. The Labute approximate surface area is 189 Å². The number of carbonyl (C=O) groups excluding carboxylic acids is 1. The van der Waals surface area contributed by atoms with Crippen LogP contribution in [0.5, 0.6) is 0 Å². The lowest BCUT2D eigenvalue weighted by molar-refractivity contribution is -0.127. The molecule has 4 rings (SSSR count). The minimum Gasteiger partial charge on any atom is -0.340 e. The van der Waals surface area contributed by atoms with E-state index in [2.05, 4.69) is 0 Å². The fraction of sp³-hybridized carbons (Fsp3) is 0.208. The highest BCUT2D eigenvalue weighted by atomic mass is 32.2. The molecule has 4 aromatic rings. The molecule has 0 bridgehead atoms. The van der Waals surface area contributed by atoms with Crippen LogP contribution >= 0.6 is 23.1 Å². The molecule has 0 saturated carbocycles. The van der Waals surface area contributed by atoms with E-state index in [0.29, 0.717) is 22.6 Å². The second kappa shape index (κ2) is 9.08. The van der Waals surface area contributed by atoms with Crippen LogP contribution in [-0.4, -0.2) is 33.2 Å². The Morgan fingerprint density at radius 2 is 1.94 bits per heavy atom. The quantitative estimate of drug-likeness (QED) is 0.313. The van der Waals surface area contributed by atoms with Crippen LogP contribution in [0.4, 0.5) is 0 Å².